The second kappa shape index (κ2) is 28.0. The number of hydrogen-bond donors (Lipinski definition) is 3. The molecule has 0 saturated heterocycles. The Kier molecular flexibility index (Phi) is 29.8. The third-order valence-electron chi connectivity index (χ3n) is 4.70. The molecule has 12 heteroatoms. The summed E-state index contributed by atoms with van der Waals surface area (Å²) in [7, 11) is 4.44. The Morgan fingerprint density at radius 2 is 1.14 bits per heavy atom. The maximum absolute atomic E-state index is 10.2. The van der Waals surface area contributed by atoms with Crippen LogP contribution in [0.15, 0.2) is 60.7 Å². The molecule has 43 heavy (non-hydrogen) atoms. The fraction of sp³-hybridized carbons (Fsp3) is 0.226. The first kappa shape index (κ1) is 45.8. The summed E-state index contributed by atoms with van der Waals surface area (Å²) in [6.45, 7) is 1.44. The van der Waals surface area contributed by atoms with Gasteiger partial charge in [-0.15, -0.1) is 0 Å². The van der Waals surface area contributed by atoms with E-state index in [0.29, 0.717) is 48.2 Å². The second-order valence-corrected chi connectivity index (χ2v) is 7.42. The third kappa shape index (κ3) is 18.8. The van der Waals surface area contributed by atoms with Crippen LogP contribution >= 0.6 is 0 Å². The number of carbonyl (C=O) groups is 4. The van der Waals surface area contributed by atoms with Gasteiger partial charge in [-0.05, 0) is 73.0 Å². The third-order valence-corrected chi connectivity index (χ3v) is 4.70. The summed E-state index contributed by atoms with van der Waals surface area (Å²) < 4.78 is 14.5. The van der Waals surface area contributed by atoms with Crippen molar-refractivity contribution in [2.45, 2.75) is 27.2 Å². The smallest absolute Gasteiger partial charge is 0.870 e. The Hall–Kier alpha value is -4.16. The summed E-state index contributed by atoms with van der Waals surface area (Å²) in [6, 6.07) is 14.5. The molecule has 0 atom stereocenters. The van der Waals surface area contributed by atoms with E-state index in [1.807, 2.05) is 6.07 Å². The van der Waals surface area contributed by atoms with Crippen molar-refractivity contribution in [2.24, 2.45) is 0 Å². The molecule has 0 radical (unpaired) electrons. The number of hydrogen-bond acceptors (Lipinski definition) is 11. The summed E-state index contributed by atoms with van der Waals surface area (Å²) >= 11 is 0. The number of benzene rings is 3. The van der Waals surface area contributed by atoms with Crippen LogP contribution in [0.5, 0.6) is 34.5 Å². The van der Waals surface area contributed by atoms with Crippen molar-refractivity contribution in [1.29, 1.82) is 0 Å². The molecule has 0 fully saturated rings. The molecule has 0 unspecified atom stereocenters. The molecule has 0 amide bonds. The van der Waals surface area contributed by atoms with Gasteiger partial charge in [0.05, 0.1) is 21.3 Å². The van der Waals surface area contributed by atoms with Crippen molar-refractivity contribution in [1.82, 2.24) is 0 Å². The number of carbonyl (C=O) groups excluding carboxylic acids is 4. The van der Waals surface area contributed by atoms with Crippen molar-refractivity contribution in [3.63, 3.8) is 0 Å². The van der Waals surface area contributed by atoms with E-state index in [9.17, 15) is 24.6 Å². The minimum absolute atomic E-state index is 0. The normalized spacial score (nSPS) is 8.65. The first-order chi connectivity index (χ1) is 19.2. The van der Waals surface area contributed by atoms with Crippen LogP contribution in [0.25, 0.3) is 6.08 Å². The average molecular weight is 613 g/mol. The quantitative estimate of drug-likeness (QED) is 0.183. The number of phenolic OH excluding ortho intramolecular Hbond substituents is 3. The summed E-state index contributed by atoms with van der Waals surface area (Å²) in [6.07, 6.45) is 7.06. The Bertz CT molecular complexity index is 1250. The molecule has 3 aromatic rings. The molecule has 0 saturated carbocycles. The minimum atomic E-state index is -0.0166. The molecule has 4 N–H and O–H groups in total. The van der Waals surface area contributed by atoms with Gasteiger partial charge in [-0.2, -0.15) is 0 Å². The van der Waals surface area contributed by atoms with Crippen LogP contribution < -0.4 is 43.8 Å². The molecule has 0 bridgehead atoms. The molecule has 0 aliphatic rings. The molecule has 3 rings (SSSR count). The number of aromatic hydroxyl groups is 3. The van der Waals surface area contributed by atoms with E-state index in [4.69, 9.17) is 24.1 Å². The topological polar surface area (TPSA) is 187 Å². The maximum atomic E-state index is 10.2. The van der Waals surface area contributed by atoms with Gasteiger partial charge in [0.1, 0.15) is 25.1 Å². The minimum Gasteiger partial charge on any atom is -0.870 e. The SMILES string of the molecule is C.CC=O.COc1ccc(/C=C/C=O)cc1O.COc1ccc(C=O)cc1O.COc1ccc(CCC=O)cc1O.[HH].[Na+].[OH-]. The molecule has 11 nitrogen and oxygen atoms in total. The zero-order valence-corrected chi connectivity index (χ0v) is 26.2. The predicted octanol–water partition coefficient (Wildman–Crippen LogP) is 2.27. The van der Waals surface area contributed by atoms with Crippen molar-refractivity contribution < 1.29 is 85.2 Å². The number of ether oxygens (including phenoxy) is 3. The standard InChI is InChI=1S/C10H12O3.C10H10O3.C8H8O3.C2H4O.CH4.Na.H2O.H2/c2*1-13-10-5-4-8(3-2-6-11)7-9(10)12;1-11-8-3-2-6(5-9)4-7(8)10;1-2-3;;;;/h4-7,12H,2-3H2,1H3;2-7,12H,1H3;2-5,10H,1H3;2H,1H3;1H4;;1H2;1H/q;;;;;+1;;/p-1/b;3-2+;;;;;;. The predicted molar refractivity (Wildman–Crippen MR) is 161 cm³/mol. The molecule has 0 aliphatic carbocycles. The number of phenols is 3. The summed E-state index contributed by atoms with van der Waals surface area (Å²) in [5.74, 6) is 1.41. The van der Waals surface area contributed by atoms with Gasteiger partial charge in [0.25, 0.3) is 0 Å². The van der Waals surface area contributed by atoms with Gasteiger partial charge < -0.3 is 44.6 Å². The van der Waals surface area contributed by atoms with Crippen LogP contribution in [0.1, 0.15) is 43.7 Å². The van der Waals surface area contributed by atoms with Crippen LogP contribution in [0.4, 0.5) is 0 Å². The monoisotopic (exact) mass is 612 g/mol. The first-order valence-corrected chi connectivity index (χ1v) is 11.7. The van der Waals surface area contributed by atoms with E-state index in [1.54, 1.807) is 42.5 Å². The number of aldehydes is 4. The fourth-order valence-electron chi connectivity index (χ4n) is 2.86. The maximum Gasteiger partial charge on any atom is 1.00 e. The van der Waals surface area contributed by atoms with Crippen LogP contribution in [0, 0.1) is 0 Å². The van der Waals surface area contributed by atoms with E-state index < -0.39 is 0 Å². The van der Waals surface area contributed by atoms with Gasteiger partial charge in [-0.25, -0.2) is 0 Å². The Balaban J connectivity index is -0.000000159. The second-order valence-electron chi connectivity index (χ2n) is 7.42. The van der Waals surface area contributed by atoms with Crippen molar-refractivity contribution in [3.05, 3.63) is 77.4 Å². The molecule has 3 aromatic carbocycles. The molecule has 232 valence electrons. The first-order valence-electron chi connectivity index (χ1n) is 11.7. The Labute approximate surface area is 275 Å². The zero-order chi connectivity index (χ0) is 30.3. The summed E-state index contributed by atoms with van der Waals surface area (Å²) in [4.78, 5) is 39.1. The number of aryl methyl sites for hydroxylation is 1. The van der Waals surface area contributed by atoms with Crippen LogP contribution in [0.2, 0.25) is 0 Å². The van der Waals surface area contributed by atoms with E-state index in [1.165, 1.54) is 46.5 Å². The number of methoxy groups -OCH3 is 3. The average Bonchev–Trinajstić information content (AvgIpc) is 2.96. The largest absolute Gasteiger partial charge is 1.00 e. The fourth-order valence-corrected chi connectivity index (χ4v) is 2.86. The molecular weight excluding hydrogens is 571 g/mol. The molecule has 0 heterocycles. The van der Waals surface area contributed by atoms with Crippen molar-refractivity contribution in [3.8, 4) is 34.5 Å². The van der Waals surface area contributed by atoms with Gasteiger partial charge in [0.2, 0.25) is 0 Å². The van der Waals surface area contributed by atoms with Gasteiger partial charge in [0, 0.05) is 13.4 Å². The van der Waals surface area contributed by atoms with Gasteiger partial charge >= 0.3 is 29.6 Å². The van der Waals surface area contributed by atoms with Gasteiger partial charge in [-0.3, -0.25) is 9.59 Å². The number of rotatable bonds is 9. The van der Waals surface area contributed by atoms with Crippen LogP contribution in [-0.2, 0) is 20.8 Å². The Morgan fingerprint density at radius 1 is 0.721 bits per heavy atom. The van der Waals surface area contributed by atoms with Crippen LogP contribution in [-0.4, -0.2) is 67.3 Å². The van der Waals surface area contributed by atoms with E-state index in [2.05, 4.69) is 0 Å². The summed E-state index contributed by atoms with van der Waals surface area (Å²) in [5, 5.41) is 27.9. The number of allylic oxidation sites excluding steroid dienone is 1. The van der Waals surface area contributed by atoms with Gasteiger partial charge in [-0.1, -0.05) is 25.6 Å². The van der Waals surface area contributed by atoms with E-state index in [-0.39, 0.29) is 61.1 Å². The molecular formula is C31H41NaO11. The molecule has 0 aromatic heterocycles. The van der Waals surface area contributed by atoms with Crippen molar-refractivity contribution >= 4 is 31.2 Å². The Morgan fingerprint density at radius 3 is 1.51 bits per heavy atom. The molecule has 0 spiro atoms. The zero-order valence-electron chi connectivity index (χ0n) is 24.2. The van der Waals surface area contributed by atoms with Crippen molar-refractivity contribution in [2.75, 3.05) is 21.3 Å². The van der Waals surface area contributed by atoms with Crippen LogP contribution in [0.3, 0.4) is 0 Å². The van der Waals surface area contributed by atoms with Gasteiger partial charge in [0.15, 0.2) is 34.5 Å². The summed E-state index contributed by atoms with van der Waals surface area (Å²) in [5.41, 5.74) is 2.12. The van der Waals surface area contributed by atoms with E-state index in [0.717, 1.165) is 23.7 Å². The molecule has 0 aliphatic heterocycles. The van der Waals surface area contributed by atoms with E-state index >= 15 is 0 Å².